The second-order valence-corrected chi connectivity index (χ2v) is 6.80. The van der Waals surface area contributed by atoms with Crippen molar-refractivity contribution in [3.05, 3.63) is 24.2 Å². The van der Waals surface area contributed by atoms with Crippen LogP contribution in [0, 0.1) is 11.8 Å². The van der Waals surface area contributed by atoms with Crippen molar-refractivity contribution >= 4 is 11.9 Å². The van der Waals surface area contributed by atoms with E-state index in [-0.39, 0.29) is 23.8 Å². The maximum atomic E-state index is 13.0. The number of carbonyl (C=O) groups is 2. The van der Waals surface area contributed by atoms with Gasteiger partial charge in [-0.05, 0) is 50.7 Å². The Kier molecular flexibility index (Phi) is 5.03. The van der Waals surface area contributed by atoms with Crippen molar-refractivity contribution in [1.82, 2.24) is 4.90 Å². The summed E-state index contributed by atoms with van der Waals surface area (Å²) in [7, 11) is 0. The quantitative estimate of drug-likeness (QED) is 0.924. The molecule has 1 saturated carbocycles. The highest BCUT2D eigenvalue weighted by Crippen LogP contribution is 2.35. The smallest absolute Gasteiger partial charge is 0.306 e. The van der Waals surface area contributed by atoms with E-state index in [4.69, 9.17) is 9.52 Å². The van der Waals surface area contributed by atoms with Crippen LogP contribution in [-0.4, -0.2) is 28.4 Å². The van der Waals surface area contributed by atoms with Crippen LogP contribution in [0.25, 0.3) is 0 Å². The average Bonchev–Trinajstić information content (AvgIpc) is 2.99. The summed E-state index contributed by atoms with van der Waals surface area (Å²) in [6, 6.07) is 3.87. The molecule has 5 heteroatoms. The lowest BCUT2D eigenvalue weighted by Crippen LogP contribution is -2.40. The van der Waals surface area contributed by atoms with Gasteiger partial charge in [0, 0.05) is 12.5 Å². The first kappa shape index (κ1) is 16.1. The normalized spacial score (nSPS) is 29.0. The second-order valence-electron chi connectivity index (χ2n) is 6.80. The van der Waals surface area contributed by atoms with Crippen LogP contribution in [0.3, 0.4) is 0 Å². The second kappa shape index (κ2) is 7.20. The number of furan rings is 1. The molecule has 5 nitrogen and oxygen atoms in total. The number of aliphatic carboxylic acids is 1. The molecule has 1 aromatic heterocycles. The zero-order valence-electron chi connectivity index (χ0n) is 13.4. The molecule has 1 aliphatic carbocycles. The van der Waals surface area contributed by atoms with Gasteiger partial charge in [-0.1, -0.05) is 12.8 Å². The summed E-state index contributed by atoms with van der Waals surface area (Å²) in [4.78, 5) is 26.1. The van der Waals surface area contributed by atoms with Crippen LogP contribution in [0.1, 0.15) is 63.2 Å². The zero-order chi connectivity index (χ0) is 16.2. The van der Waals surface area contributed by atoms with Gasteiger partial charge in [0.2, 0.25) is 5.91 Å². The van der Waals surface area contributed by atoms with Gasteiger partial charge >= 0.3 is 5.97 Å². The summed E-state index contributed by atoms with van der Waals surface area (Å²) in [5.41, 5.74) is 0. The number of nitrogens with zero attached hydrogens (tertiary/aromatic N) is 1. The van der Waals surface area contributed by atoms with Gasteiger partial charge in [-0.3, -0.25) is 9.59 Å². The number of carboxylic acid groups (broad SMARTS) is 1. The van der Waals surface area contributed by atoms with Gasteiger partial charge in [-0.25, -0.2) is 0 Å². The summed E-state index contributed by atoms with van der Waals surface area (Å²) >= 11 is 0. The number of likely N-dealkylation sites (tertiary alicyclic amines) is 1. The first-order valence-electron chi connectivity index (χ1n) is 8.73. The third-order valence-electron chi connectivity index (χ3n) is 5.33. The van der Waals surface area contributed by atoms with Crippen molar-refractivity contribution in [1.29, 1.82) is 0 Å². The Morgan fingerprint density at radius 2 is 1.78 bits per heavy atom. The third kappa shape index (κ3) is 3.59. The van der Waals surface area contributed by atoms with Gasteiger partial charge < -0.3 is 14.4 Å². The minimum atomic E-state index is -0.723. The lowest BCUT2D eigenvalue weighted by Gasteiger charge is -2.34. The van der Waals surface area contributed by atoms with E-state index in [0.29, 0.717) is 25.7 Å². The Morgan fingerprint density at radius 3 is 2.43 bits per heavy atom. The highest BCUT2D eigenvalue weighted by molar-refractivity contribution is 5.80. The monoisotopic (exact) mass is 319 g/mol. The van der Waals surface area contributed by atoms with E-state index in [1.54, 1.807) is 6.26 Å². The van der Waals surface area contributed by atoms with Crippen molar-refractivity contribution < 1.29 is 19.1 Å². The van der Waals surface area contributed by atoms with Crippen LogP contribution in [0.5, 0.6) is 0 Å². The fourth-order valence-electron chi connectivity index (χ4n) is 3.97. The van der Waals surface area contributed by atoms with E-state index in [9.17, 15) is 9.59 Å². The summed E-state index contributed by atoms with van der Waals surface area (Å²) in [5, 5.41) is 9.11. The molecule has 2 aliphatic rings. The molecule has 1 N–H and O–H groups in total. The van der Waals surface area contributed by atoms with E-state index in [1.807, 2.05) is 17.0 Å². The summed E-state index contributed by atoms with van der Waals surface area (Å²) in [5.74, 6) is 0.0426. The van der Waals surface area contributed by atoms with E-state index >= 15 is 0 Å². The molecular weight excluding hydrogens is 294 g/mol. The molecule has 1 saturated heterocycles. The molecule has 0 radical (unpaired) electrons. The summed E-state index contributed by atoms with van der Waals surface area (Å²) in [6.45, 7) is 0.781. The van der Waals surface area contributed by atoms with Crippen molar-refractivity contribution in [3.8, 4) is 0 Å². The predicted octanol–water partition coefficient (Wildman–Crippen LogP) is 3.61. The molecule has 1 aromatic rings. The molecule has 1 aliphatic heterocycles. The van der Waals surface area contributed by atoms with Gasteiger partial charge in [-0.2, -0.15) is 0 Å². The van der Waals surface area contributed by atoms with Gasteiger partial charge in [0.1, 0.15) is 5.76 Å². The molecule has 2 heterocycles. The molecular formula is C18H25NO4. The average molecular weight is 319 g/mol. The van der Waals surface area contributed by atoms with Gasteiger partial charge in [0.05, 0.1) is 18.2 Å². The zero-order valence-corrected chi connectivity index (χ0v) is 13.4. The maximum Gasteiger partial charge on any atom is 0.306 e. The minimum absolute atomic E-state index is 0.0267. The maximum absolute atomic E-state index is 13.0. The third-order valence-corrected chi connectivity index (χ3v) is 5.33. The fraction of sp³-hybridized carbons (Fsp3) is 0.667. The Balaban J connectivity index is 1.70. The van der Waals surface area contributed by atoms with E-state index in [0.717, 1.165) is 38.0 Å². The number of carboxylic acids is 1. The first-order chi connectivity index (χ1) is 11.2. The molecule has 0 unspecified atom stereocenters. The minimum Gasteiger partial charge on any atom is -0.481 e. The molecule has 3 rings (SSSR count). The SMILES string of the molecule is O=C(O)C1CCC(C(=O)N2CCCCC[C@@H]2c2ccco2)CC1. The molecule has 0 spiro atoms. The van der Waals surface area contributed by atoms with Gasteiger partial charge in [0.15, 0.2) is 0 Å². The number of hydrogen-bond acceptors (Lipinski definition) is 3. The molecule has 0 bridgehead atoms. The fourth-order valence-corrected chi connectivity index (χ4v) is 3.97. The highest BCUT2D eigenvalue weighted by Gasteiger charge is 2.36. The van der Waals surface area contributed by atoms with E-state index in [2.05, 4.69) is 0 Å². The molecule has 126 valence electrons. The van der Waals surface area contributed by atoms with Crippen LogP contribution in [0.2, 0.25) is 0 Å². The predicted molar refractivity (Wildman–Crippen MR) is 84.7 cm³/mol. The molecule has 1 amide bonds. The van der Waals surface area contributed by atoms with Crippen molar-refractivity contribution in [2.24, 2.45) is 11.8 Å². The Labute approximate surface area is 136 Å². The number of amides is 1. The Hall–Kier alpha value is -1.78. The largest absolute Gasteiger partial charge is 0.481 e. The van der Waals surface area contributed by atoms with Crippen LogP contribution in [-0.2, 0) is 9.59 Å². The van der Waals surface area contributed by atoms with Crippen LogP contribution >= 0.6 is 0 Å². The molecule has 0 aromatic carbocycles. The van der Waals surface area contributed by atoms with Gasteiger partial charge in [0.25, 0.3) is 0 Å². The lowest BCUT2D eigenvalue weighted by atomic mass is 9.81. The van der Waals surface area contributed by atoms with E-state index in [1.165, 1.54) is 0 Å². The standard InChI is InChI=1S/C18H25NO4/c20-17(13-7-9-14(10-8-13)18(21)22)19-11-3-1-2-5-15(19)16-6-4-12-23-16/h4,6,12-15H,1-3,5,7-11H2,(H,21,22)/t13?,14?,15-/m1/s1. The molecule has 1 atom stereocenters. The van der Waals surface area contributed by atoms with Crippen LogP contribution in [0.4, 0.5) is 0 Å². The molecule has 23 heavy (non-hydrogen) atoms. The number of rotatable bonds is 3. The topological polar surface area (TPSA) is 70.8 Å². The number of hydrogen-bond donors (Lipinski definition) is 1. The summed E-state index contributed by atoms with van der Waals surface area (Å²) < 4.78 is 5.57. The van der Waals surface area contributed by atoms with Crippen molar-refractivity contribution in [2.75, 3.05) is 6.54 Å². The Bertz CT molecular complexity index is 531. The lowest BCUT2D eigenvalue weighted by molar-refractivity contribution is -0.146. The number of carbonyl (C=O) groups excluding carboxylic acids is 1. The Morgan fingerprint density at radius 1 is 1.04 bits per heavy atom. The highest BCUT2D eigenvalue weighted by atomic mass is 16.4. The van der Waals surface area contributed by atoms with Crippen LogP contribution in [0.15, 0.2) is 22.8 Å². The van der Waals surface area contributed by atoms with E-state index < -0.39 is 5.97 Å². The molecule has 2 fully saturated rings. The van der Waals surface area contributed by atoms with Crippen molar-refractivity contribution in [3.63, 3.8) is 0 Å². The van der Waals surface area contributed by atoms with Crippen LogP contribution < -0.4 is 0 Å². The van der Waals surface area contributed by atoms with Crippen molar-refractivity contribution in [2.45, 2.75) is 57.4 Å². The van der Waals surface area contributed by atoms with Gasteiger partial charge in [-0.15, -0.1) is 0 Å². The first-order valence-corrected chi connectivity index (χ1v) is 8.73. The summed E-state index contributed by atoms with van der Waals surface area (Å²) in [6.07, 6.45) is 8.52.